The van der Waals surface area contributed by atoms with Crippen molar-refractivity contribution in [3.63, 3.8) is 0 Å². The Morgan fingerprint density at radius 1 is 1.12 bits per heavy atom. The van der Waals surface area contributed by atoms with Crippen LogP contribution in [0.1, 0.15) is 23.6 Å². The smallest absolute Gasteiger partial charge is 0.269 e. The molecule has 0 aliphatic rings. The van der Waals surface area contributed by atoms with Gasteiger partial charge in [-0.15, -0.1) is 0 Å². The predicted octanol–water partition coefficient (Wildman–Crippen LogP) is 6.77. The average molecular weight is 553 g/mol. The molecule has 3 aromatic carbocycles. The maximum Gasteiger partial charge on any atom is 0.269 e. The maximum absolute atomic E-state index is 10.8. The maximum atomic E-state index is 10.8. The second-order valence-electron chi connectivity index (χ2n) is 6.77. The minimum absolute atomic E-state index is 0.0315. The summed E-state index contributed by atoms with van der Waals surface area (Å²) in [6.07, 6.45) is 1.65. The number of nitro groups is 1. The Morgan fingerprint density at radius 2 is 1.82 bits per heavy atom. The highest BCUT2D eigenvalue weighted by Gasteiger charge is 2.13. The first-order valence-electron chi connectivity index (χ1n) is 9.90. The molecule has 0 heterocycles. The van der Waals surface area contributed by atoms with Gasteiger partial charge >= 0.3 is 0 Å². The summed E-state index contributed by atoms with van der Waals surface area (Å²) in [4.78, 5) is 10.4. The first kappa shape index (κ1) is 24.8. The molecule has 172 valence electrons. The molecular weight excluding hydrogens is 533 g/mol. The summed E-state index contributed by atoms with van der Waals surface area (Å²) in [5.74, 6) is 1.08. The van der Waals surface area contributed by atoms with Crippen LogP contribution >= 0.6 is 39.1 Å². The van der Waals surface area contributed by atoms with Gasteiger partial charge in [-0.05, 0) is 70.4 Å². The number of nitrogens with one attached hydrogen (secondary N) is 1. The Labute approximate surface area is 209 Å². The highest BCUT2D eigenvalue weighted by Crippen LogP contribution is 2.37. The Kier molecular flexibility index (Phi) is 8.94. The molecule has 0 saturated carbocycles. The van der Waals surface area contributed by atoms with Crippen LogP contribution in [0.3, 0.4) is 0 Å². The van der Waals surface area contributed by atoms with Crippen molar-refractivity contribution in [2.45, 2.75) is 20.1 Å². The van der Waals surface area contributed by atoms with Gasteiger partial charge in [0.05, 0.1) is 28.8 Å². The van der Waals surface area contributed by atoms with Gasteiger partial charge in [-0.1, -0.05) is 29.3 Å². The lowest BCUT2D eigenvalue weighted by Crippen LogP contribution is -2.07. The largest absolute Gasteiger partial charge is 0.490 e. The van der Waals surface area contributed by atoms with Gasteiger partial charge < -0.3 is 14.9 Å². The molecule has 0 amide bonds. The van der Waals surface area contributed by atoms with E-state index in [9.17, 15) is 10.1 Å². The third-order valence-corrected chi connectivity index (χ3v) is 5.78. The van der Waals surface area contributed by atoms with Crippen molar-refractivity contribution in [3.8, 4) is 11.5 Å². The molecule has 0 unspecified atom stereocenters. The fourth-order valence-electron chi connectivity index (χ4n) is 2.88. The zero-order chi connectivity index (χ0) is 23.8. The standard InChI is InChI=1S/C23H20BrCl2N3O4/c1-2-32-22-11-16(12-27-28-13-18-20(25)4-3-5-21(18)26)10-19(24)23(22)33-14-15-6-8-17(9-7-15)29(30)31/h3-12,28H,2,13-14H2,1H3/b27-12+. The molecular formula is C23H20BrCl2N3O4. The van der Waals surface area contributed by atoms with Gasteiger partial charge in [0.25, 0.3) is 5.69 Å². The lowest BCUT2D eigenvalue weighted by Gasteiger charge is -2.14. The lowest BCUT2D eigenvalue weighted by atomic mass is 10.2. The van der Waals surface area contributed by atoms with Crippen LogP contribution in [0.4, 0.5) is 5.69 Å². The summed E-state index contributed by atoms with van der Waals surface area (Å²) in [7, 11) is 0. The van der Waals surface area contributed by atoms with E-state index in [1.807, 2.05) is 19.1 Å². The van der Waals surface area contributed by atoms with Crippen LogP contribution in [-0.2, 0) is 13.2 Å². The fraction of sp³-hybridized carbons (Fsp3) is 0.174. The normalized spacial score (nSPS) is 10.9. The minimum Gasteiger partial charge on any atom is -0.490 e. The van der Waals surface area contributed by atoms with Crippen LogP contribution in [-0.4, -0.2) is 17.7 Å². The molecule has 0 atom stereocenters. The van der Waals surface area contributed by atoms with E-state index in [2.05, 4.69) is 26.5 Å². The molecule has 0 bridgehead atoms. The Morgan fingerprint density at radius 3 is 2.45 bits per heavy atom. The zero-order valence-electron chi connectivity index (χ0n) is 17.6. The van der Waals surface area contributed by atoms with Gasteiger partial charge in [-0.25, -0.2) is 0 Å². The van der Waals surface area contributed by atoms with Crippen LogP contribution in [0.25, 0.3) is 0 Å². The summed E-state index contributed by atoms with van der Waals surface area (Å²) >= 11 is 15.9. The summed E-state index contributed by atoms with van der Waals surface area (Å²) < 4.78 is 12.4. The molecule has 33 heavy (non-hydrogen) atoms. The van der Waals surface area contributed by atoms with E-state index >= 15 is 0 Å². The van der Waals surface area contributed by atoms with Gasteiger partial charge in [-0.3, -0.25) is 10.1 Å². The SMILES string of the molecule is CCOc1cc(/C=N/NCc2c(Cl)cccc2Cl)cc(Br)c1OCc1ccc([N+](=O)[O-])cc1. The molecule has 7 nitrogen and oxygen atoms in total. The topological polar surface area (TPSA) is 86.0 Å². The number of rotatable bonds is 10. The third-order valence-electron chi connectivity index (χ3n) is 4.48. The molecule has 3 aromatic rings. The number of non-ortho nitro benzene ring substituents is 1. The van der Waals surface area contributed by atoms with E-state index in [0.717, 1.165) is 16.7 Å². The Bertz CT molecular complexity index is 1140. The Balaban J connectivity index is 1.69. The van der Waals surface area contributed by atoms with Crippen LogP contribution in [0.5, 0.6) is 11.5 Å². The number of nitro benzene ring substituents is 1. The van der Waals surface area contributed by atoms with E-state index in [1.54, 1.807) is 36.5 Å². The summed E-state index contributed by atoms with van der Waals surface area (Å²) in [5.41, 5.74) is 5.32. The number of hydrogen-bond acceptors (Lipinski definition) is 6. The first-order valence-corrected chi connectivity index (χ1v) is 11.4. The van der Waals surface area contributed by atoms with E-state index in [0.29, 0.717) is 39.2 Å². The summed E-state index contributed by atoms with van der Waals surface area (Å²) in [5, 5.41) is 16.2. The molecule has 0 radical (unpaired) electrons. The van der Waals surface area contributed by atoms with Crippen LogP contribution in [0, 0.1) is 10.1 Å². The van der Waals surface area contributed by atoms with Crippen molar-refractivity contribution < 1.29 is 14.4 Å². The van der Waals surface area contributed by atoms with E-state index in [4.69, 9.17) is 32.7 Å². The monoisotopic (exact) mass is 551 g/mol. The van der Waals surface area contributed by atoms with Gasteiger partial charge in [-0.2, -0.15) is 5.10 Å². The van der Waals surface area contributed by atoms with Crippen molar-refractivity contribution in [2.24, 2.45) is 5.10 Å². The predicted molar refractivity (Wildman–Crippen MR) is 134 cm³/mol. The van der Waals surface area contributed by atoms with Crippen LogP contribution < -0.4 is 14.9 Å². The van der Waals surface area contributed by atoms with Crippen molar-refractivity contribution in [1.82, 2.24) is 5.43 Å². The number of nitrogens with zero attached hydrogens (tertiary/aromatic N) is 2. The highest BCUT2D eigenvalue weighted by molar-refractivity contribution is 9.10. The van der Waals surface area contributed by atoms with Crippen molar-refractivity contribution in [3.05, 3.63) is 95.9 Å². The highest BCUT2D eigenvalue weighted by atomic mass is 79.9. The second kappa shape index (κ2) is 11.9. The second-order valence-corrected chi connectivity index (χ2v) is 8.44. The van der Waals surface area contributed by atoms with Crippen LogP contribution in [0.15, 0.2) is 64.2 Å². The average Bonchev–Trinajstić information content (AvgIpc) is 2.78. The quantitative estimate of drug-likeness (QED) is 0.170. The van der Waals surface area contributed by atoms with Crippen LogP contribution in [0.2, 0.25) is 10.0 Å². The van der Waals surface area contributed by atoms with Gasteiger partial charge in [0.2, 0.25) is 0 Å². The van der Waals surface area contributed by atoms with Crippen molar-refractivity contribution >= 4 is 51.0 Å². The van der Waals surface area contributed by atoms with Gasteiger partial charge in [0.15, 0.2) is 11.5 Å². The molecule has 0 aliphatic heterocycles. The third kappa shape index (κ3) is 6.83. The number of benzene rings is 3. The molecule has 3 rings (SSSR count). The molecule has 0 aliphatic carbocycles. The lowest BCUT2D eigenvalue weighted by molar-refractivity contribution is -0.384. The van der Waals surface area contributed by atoms with E-state index < -0.39 is 4.92 Å². The summed E-state index contributed by atoms with van der Waals surface area (Å²) in [6, 6.07) is 15.2. The number of halogens is 3. The molecule has 1 N–H and O–H groups in total. The van der Waals surface area contributed by atoms with Gasteiger partial charge in [0.1, 0.15) is 6.61 Å². The zero-order valence-corrected chi connectivity index (χ0v) is 20.7. The van der Waals surface area contributed by atoms with Gasteiger partial charge in [0, 0.05) is 27.7 Å². The molecule has 0 aromatic heterocycles. The number of hydrogen-bond donors (Lipinski definition) is 1. The first-order chi connectivity index (χ1) is 15.9. The molecule has 0 fully saturated rings. The minimum atomic E-state index is -0.438. The van der Waals surface area contributed by atoms with Crippen molar-refractivity contribution in [2.75, 3.05) is 6.61 Å². The molecule has 0 spiro atoms. The fourth-order valence-corrected chi connectivity index (χ4v) is 3.99. The number of hydrazone groups is 1. The summed E-state index contributed by atoms with van der Waals surface area (Å²) in [6.45, 7) is 2.93. The Hall–Kier alpha value is -2.81. The molecule has 0 saturated heterocycles. The van der Waals surface area contributed by atoms with E-state index in [1.165, 1.54) is 12.1 Å². The number of ether oxygens (including phenoxy) is 2. The van der Waals surface area contributed by atoms with E-state index in [-0.39, 0.29) is 12.3 Å². The molecule has 10 heteroatoms. The van der Waals surface area contributed by atoms with Crippen molar-refractivity contribution in [1.29, 1.82) is 0 Å².